The van der Waals surface area contributed by atoms with Crippen LogP contribution in [0.15, 0.2) is 241 Å². The summed E-state index contributed by atoms with van der Waals surface area (Å²) < 4.78 is 6.15. The van der Waals surface area contributed by atoms with Gasteiger partial charge in [-0.1, -0.05) is 182 Å². The smallest absolute Gasteiger partial charge is 0.135 e. The normalized spacial score (nSPS) is 11.5. The summed E-state index contributed by atoms with van der Waals surface area (Å²) in [6.07, 6.45) is 0. The van der Waals surface area contributed by atoms with Crippen molar-refractivity contribution < 1.29 is 4.42 Å². The molecule has 1 heterocycles. The summed E-state index contributed by atoms with van der Waals surface area (Å²) in [5.74, 6) is 0. The summed E-state index contributed by atoms with van der Waals surface area (Å²) in [4.78, 5) is 2.44. The van der Waals surface area contributed by atoms with E-state index in [1.807, 2.05) is 12.1 Å². The number of para-hydroxylation sites is 1. The van der Waals surface area contributed by atoms with Crippen molar-refractivity contribution in [3.8, 4) is 44.5 Å². The van der Waals surface area contributed by atoms with Gasteiger partial charge in [-0.3, -0.25) is 0 Å². The molecule has 0 saturated heterocycles. The molecule has 0 bridgehead atoms. The second-order valence-corrected chi connectivity index (χ2v) is 16.1. The lowest BCUT2D eigenvalue weighted by atomic mass is 9.92. The van der Waals surface area contributed by atoms with Crippen LogP contribution in [0, 0.1) is 0 Å². The maximum Gasteiger partial charge on any atom is 0.135 e. The van der Waals surface area contributed by atoms with Crippen molar-refractivity contribution in [3.05, 3.63) is 237 Å². The van der Waals surface area contributed by atoms with Crippen LogP contribution in [0.3, 0.4) is 0 Å². The van der Waals surface area contributed by atoms with E-state index in [0.29, 0.717) is 0 Å². The van der Waals surface area contributed by atoms with Gasteiger partial charge in [-0.15, -0.1) is 0 Å². The lowest BCUT2D eigenvalue weighted by Crippen LogP contribution is -2.11. The standard InChI is InChI=1S/C60H39NO/c1-2-13-43(14-3-1)52-34-33-50(39-56(52)44-25-22-41(23-26-44)47-30-35-60-57(37-47)55-20-10-11-21-59(55)62-60)61(58-38-48-16-6-7-17-51(48)53-18-8-9-19-54(53)58)49-31-28-42(29-32-49)46-27-24-40-12-4-5-15-45(40)36-46/h1-39H. The van der Waals surface area contributed by atoms with Gasteiger partial charge in [-0.2, -0.15) is 0 Å². The Labute approximate surface area is 360 Å². The van der Waals surface area contributed by atoms with E-state index in [9.17, 15) is 0 Å². The number of rotatable bonds is 7. The van der Waals surface area contributed by atoms with Gasteiger partial charge < -0.3 is 9.32 Å². The number of nitrogens with zero attached hydrogens (tertiary/aromatic N) is 1. The van der Waals surface area contributed by atoms with E-state index in [-0.39, 0.29) is 0 Å². The number of hydrogen-bond donors (Lipinski definition) is 0. The highest BCUT2D eigenvalue weighted by Crippen LogP contribution is 2.45. The van der Waals surface area contributed by atoms with Crippen molar-refractivity contribution in [2.45, 2.75) is 0 Å². The molecule has 2 nitrogen and oxygen atoms in total. The van der Waals surface area contributed by atoms with Gasteiger partial charge >= 0.3 is 0 Å². The quantitative estimate of drug-likeness (QED) is 0.150. The Kier molecular flexibility index (Phi) is 8.53. The molecule has 12 aromatic rings. The van der Waals surface area contributed by atoms with Gasteiger partial charge in [0.05, 0.1) is 5.69 Å². The van der Waals surface area contributed by atoms with Gasteiger partial charge in [-0.25, -0.2) is 0 Å². The predicted molar refractivity (Wildman–Crippen MR) is 263 cm³/mol. The number of anilines is 3. The van der Waals surface area contributed by atoms with Gasteiger partial charge in [0, 0.05) is 27.5 Å². The van der Waals surface area contributed by atoms with E-state index in [0.717, 1.165) is 55.7 Å². The average Bonchev–Trinajstić information content (AvgIpc) is 3.72. The SMILES string of the molecule is c1ccc(-c2ccc(N(c3ccc(-c4ccc5ccccc5c4)cc3)c3cc4ccccc4c4ccccc34)cc2-c2ccc(-c3ccc4oc5ccccc5c4c3)cc2)cc1. The predicted octanol–water partition coefficient (Wildman–Crippen LogP) is 17.2. The molecular formula is C60H39NO. The van der Waals surface area contributed by atoms with Crippen molar-refractivity contribution in [2.75, 3.05) is 4.90 Å². The van der Waals surface area contributed by atoms with Crippen LogP contribution in [0.4, 0.5) is 17.1 Å². The molecule has 0 fully saturated rings. The molecule has 11 aromatic carbocycles. The van der Waals surface area contributed by atoms with Crippen molar-refractivity contribution >= 4 is 71.3 Å². The molecule has 1 aromatic heterocycles. The fraction of sp³-hybridized carbons (Fsp3) is 0. The van der Waals surface area contributed by atoms with Crippen LogP contribution < -0.4 is 4.90 Å². The maximum absolute atomic E-state index is 6.15. The van der Waals surface area contributed by atoms with Crippen molar-refractivity contribution in [1.29, 1.82) is 0 Å². The molecule has 0 N–H and O–H groups in total. The van der Waals surface area contributed by atoms with Crippen LogP contribution in [0.1, 0.15) is 0 Å². The Bertz CT molecular complexity index is 3620. The average molecular weight is 790 g/mol. The first-order valence-corrected chi connectivity index (χ1v) is 21.2. The zero-order chi connectivity index (χ0) is 41.0. The molecule has 0 aliphatic rings. The van der Waals surface area contributed by atoms with Gasteiger partial charge in [-0.05, 0) is 126 Å². The van der Waals surface area contributed by atoms with Gasteiger partial charge in [0.1, 0.15) is 11.2 Å². The summed E-state index contributed by atoms with van der Waals surface area (Å²) in [7, 11) is 0. The second-order valence-electron chi connectivity index (χ2n) is 16.1. The first-order chi connectivity index (χ1) is 30.7. The molecule has 0 radical (unpaired) electrons. The number of furan rings is 1. The van der Waals surface area contributed by atoms with Crippen molar-refractivity contribution in [2.24, 2.45) is 0 Å². The van der Waals surface area contributed by atoms with E-state index in [1.165, 1.54) is 60.1 Å². The van der Waals surface area contributed by atoms with Crippen molar-refractivity contribution in [1.82, 2.24) is 0 Å². The summed E-state index contributed by atoms with van der Waals surface area (Å²) >= 11 is 0. The van der Waals surface area contributed by atoms with E-state index < -0.39 is 0 Å². The third kappa shape index (κ3) is 6.20. The number of fused-ring (bicyclic) bond motifs is 7. The Hall–Kier alpha value is -8.20. The minimum absolute atomic E-state index is 0.906. The Morgan fingerprint density at radius 3 is 1.61 bits per heavy atom. The topological polar surface area (TPSA) is 16.4 Å². The zero-order valence-corrected chi connectivity index (χ0v) is 33.9. The fourth-order valence-corrected chi connectivity index (χ4v) is 9.35. The monoisotopic (exact) mass is 789 g/mol. The first kappa shape index (κ1) is 35.7. The highest BCUT2D eigenvalue weighted by atomic mass is 16.3. The van der Waals surface area contributed by atoms with Crippen LogP contribution in [-0.4, -0.2) is 0 Å². The molecule has 0 unspecified atom stereocenters. The maximum atomic E-state index is 6.15. The Morgan fingerprint density at radius 2 is 0.806 bits per heavy atom. The van der Waals surface area contributed by atoms with Gasteiger partial charge in [0.25, 0.3) is 0 Å². The van der Waals surface area contributed by atoms with E-state index in [2.05, 4.69) is 229 Å². The summed E-state index contributed by atoms with van der Waals surface area (Å²) in [5.41, 5.74) is 14.5. The summed E-state index contributed by atoms with van der Waals surface area (Å²) in [6, 6.07) is 85.8. The lowest BCUT2D eigenvalue weighted by molar-refractivity contribution is 0.669. The molecule has 12 rings (SSSR count). The number of benzene rings is 11. The van der Waals surface area contributed by atoms with E-state index in [1.54, 1.807) is 0 Å². The van der Waals surface area contributed by atoms with Crippen LogP contribution in [-0.2, 0) is 0 Å². The van der Waals surface area contributed by atoms with Crippen LogP contribution in [0.2, 0.25) is 0 Å². The minimum Gasteiger partial charge on any atom is -0.456 e. The van der Waals surface area contributed by atoms with E-state index >= 15 is 0 Å². The number of hydrogen-bond acceptors (Lipinski definition) is 2. The van der Waals surface area contributed by atoms with Crippen LogP contribution in [0.25, 0.3) is 98.8 Å². The zero-order valence-electron chi connectivity index (χ0n) is 33.9. The fourth-order valence-electron chi connectivity index (χ4n) is 9.35. The Balaban J connectivity index is 1.02. The molecule has 62 heavy (non-hydrogen) atoms. The van der Waals surface area contributed by atoms with Crippen molar-refractivity contribution in [3.63, 3.8) is 0 Å². The third-order valence-corrected chi connectivity index (χ3v) is 12.4. The molecule has 0 atom stereocenters. The largest absolute Gasteiger partial charge is 0.456 e. The molecule has 0 saturated carbocycles. The lowest BCUT2D eigenvalue weighted by Gasteiger charge is -2.29. The molecule has 0 aliphatic carbocycles. The van der Waals surface area contributed by atoms with Gasteiger partial charge in [0.2, 0.25) is 0 Å². The molecule has 0 spiro atoms. The molecule has 2 heteroatoms. The van der Waals surface area contributed by atoms with Gasteiger partial charge in [0.15, 0.2) is 0 Å². The highest BCUT2D eigenvalue weighted by Gasteiger charge is 2.20. The summed E-state index contributed by atoms with van der Waals surface area (Å²) in [6.45, 7) is 0. The highest BCUT2D eigenvalue weighted by molar-refractivity contribution is 6.15. The van der Waals surface area contributed by atoms with Crippen LogP contribution in [0.5, 0.6) is 0 Å². The minimum atomic E-state index is 0.906. The Morgan fingerprint density at radius 1 is 0.258 bits per heavy atom. The van der Waals surface area contributed by atoms with E-state index in [4.69, 9.17) is 4.42 Å². The summed E-state index contributed by atoms with van der Waals surface area (Å²) in [5, 5.41) is 9.64. The second kappa shape index (κ2) is 14.8. The molecule has 290 valence electrons. The molecule has 0 amide bonds. The van der Waals surface area contributed by atoms with Crippen LogP contribution >= 0.6 is 0 Å². The molecule has 0 aliphatic heterocycles. The first-order valence-electron chi connectivity index (χ1n) is 21.2. The third-order valence-electron chi connectivity index (χ3n) is 12.4. The molecular weight excluding hydrogens is 751 g/mol.